The molecule has 1 aromatic carbocycles. The Morgan fingerprint density at radius 3 is 2.94 bits per heavy atom. The van der Waals surface area contributed by atoms with E-state index in [4.69, 9.17) is 10.8 Å². The van der Waals surface area contributed by atoms with Crippen LogP contribution in [0.15, 0.2) is 24.8 Å². The number of carbonyl (C=O) groups is 1. The third kappa shape index (κ3) is 4.00. The van der Waals surface area contributed by atoms with E-state index in [1.54, 1.807) is 24.8 Å². The number of nitrogen functional groups attached to an aromatic ring is 1. The fourth-order valence-electron chi connectivity index (χ4n) is 1.51. The summed E-state index contributed by atoms with van der Waals surface area (Å²) in [5.41, 5.74) is 7.76. The number of benzene rings is 1. The van der Waals surface area contributed by atoms with Crippen molar-refractivity contribution in [3.63, 3.8) is 0 Å². The summed E-state index contributed by atoms with van der Waals surface area (Å²) < 4.78 is 0. The third-order valence-corrected chi connectivity index (χ3v) is 3.39. The molecule has 0 saturated heterocycles. The summed E-state index contributed by atoms with van der Waals surface area (Å²) in [5.74, 6) is 0.862. The van der Waals surface area contributed by atoms with E-state index in [1.807, 2.05) is 12.1 Å². The lowest BCUT2D eigenvalue weighted by molar-refractivity contribution is 0.0698. The van der Waals surface area contributed by atoms with E-state index in [0.717, 1.165) is 29.3 Å². The van der Waals surface area contributed by atoms with Gasteiger partial charge in [-0.3, -0.25) is 0 Å². The van der Waals surface area contributed by atoms with Crippen molar-refractivity contribution < 1.29 is 9.90 Å². The normalized spacial score (nSPS) is 10.1. The first-order valence-corrected chi connectivity index (χ1v) is 6.77. The van der Waals surface area contributed by atoms with Crippen molar-refractivity contribution in [1.82, 2.24) is 0 Å². The summed E-state index contributed by atoms with van der Waals surface area (Å²) in [4.78, 5) is 11.0. The van der Waals surface area contributed by atoms with Crippen LogP contribution in [0, 0.1) is 6.92 Å². The number of hydrogen-bond donors (Lipinski definition) is 3. The smallest absolute Gasteiger partial charge is 0.337 e. The van der Waals surface area contributed by atoms with Crippen LogP contribution >= 0.6 is 11.8 Å². The molecule has 0 bridgehead atoms. The maximum Gasteiger partial charge on any atom is 0.337 e. The van der Waals surface area contributed by atoms with Crippen LogP contribution in [0.3, 0.4) is 0 Å². The highest BCUT2D eigenvalue weighted by Gasteiger charge is 2.11. The Hall–Kier alpha value is -1.62. The molecule has 0 unspecified atom stereocenters. The molecule has 0 heterocycles. The van der Waals surface area contributed by atoms with Crippen LogP contribution in [0.4, 0.5) is 11.4 Å². The van der Waals surface area contributed by atoms with Crippen molar-refractivity contribution in [2.75, 3.05) is 29.1 Å². The van der Waals surface area contributed by atoms with Crippen molar-refractivity contribution in [2.24, 2.45) is 0 Å². The second-order valence-corrected chi connectivity index (χ2v) is 5.00. The highest BCUT2D eigenvalue weighted by Crippen LogP contribution is 2.22. The summed E-state index contributed by atoms with van der Waals surface area (Å²) in [6, 6.07) is 3.43. The minimum Gasteiger partial charge on any atom is -0.478 e. The van der Waals surface area contributed by atoms with Crippen LogP contribution < -0.4 is 11.1 Å². The van der Waals surface area contributed by atoms with Gasteiger partial charge in [-0.25, -0.2) is 4.79 Å². The van der Waals surface area contributed by atoms with Gasteiger partial charge in [-0.1, -0.05) is 6.08 Å². The van der Waals surface area contributed by atoms with Gasteiger partial charge in [0.25, 0.3) is 0 Å². The monoisotopic (exact) mass is 266 g/mol. The lowest BCUT2D eigenvalue weighted by Crippen LogP contribution is -2.09. The van der Waals surface area contributed by atoms with Crippen molar-refractivity contribution in [1.29, 1.82) is 0 Å². The number of carboxylic acid groups (broad SMARTS) is 1. The fourth-order valence-corrected chi connectivity index (χ4v) is 2.09. The largest absolute Gasteiger partial charge is 0.478 e. The number of anilines is 2. The zero-order valence-electron chi connectivity index (χ0n) is 10.4. The molecule has 4 N–H and O–H groups in total. The molecular formula is C13H18N2O2S. The zero-order chi connectivity index (χ0) is 13.5. The standard InChI is InChI=1S/C13H18N2O2S/c1-3-5-18-6-4-15-10-7-9(2)12(14)11(8-10)13(16)17/h3,7-8,15H,1,4-6,14H2,2H3,(H,16,17). The number of aromatic carboxylic acids is 1. The van der Waals surface area contributed by atoms with Gasteiger partial charge in [-0.2, -0.15) is 11.8 Å². The van der Waals surface area contributed by atoms with Gasteiger partial charge in [-0.15, -0.1) is 6.58 Å². The molecule has 0 spiro atoms. The summed E-state index contributed by atoms with van der Waals surface area (Å²) in [6.07, 6.45) is 1.86. The van der Waals surface area contributed by atoms with Crippen LogP contribution in [0.5, 0.6) is 0 Å². The summed E-state index contributed by atoms with van der Waals surface area (Å²) in [5, 5.41) is 12.2. The predicted molar refractivity (Wildman–Crippen MR) is 78.6 cm³/mol. The highest BCUT2D eigenvalue weighted by molar-refractivity contribution is 7.99. The Morgan fingerprint density at radius 2 is 2.33 bits per heavy atom. The Balaban J connectivity index is 2.66. The molecule has 0 radical (unpaired) electrons. The number of nitrogens with one attached hydrogen (secondary N) is 1. The molecule has 0 saturated carbocycles. The van der Waals surface area contributed by atoms with E-state index in [1.165, 1.54) is 0 Å². The van der Waals surface area contributed by atoms with E-state index in [9.17, 15) is 4.79 Å². The molecule has 4 nitrogen and oxygen atoms in total. The molecule has 0 aliphatic heterocycles. The third-order valence-electron chi connectivity index (χ3n) is 2.43. The number of aryl methyl sites for hydroxylation is 1. The Kier molecular flexibility index (Phi) is 5.58. The van der Waals surface area contributed by atoms with Gasteiger partial charge in [0.2, 0.25) is 0 Å². The van der Waals surface area contributed by atoms with Gasteiger partial charge in [0.15, 0.2) is 0 Å². The molecule has 0 aliphatic rings. The molecule has 98 valence electrons. The van der Waals surface area contributed by atoms with E-state index < -0.39 is 5.97 Å². The average Bonchev–Trinajstić information content (AvgIpc) is 2.32. The zero-order valence-corrected chi connectivity index (χ0v) is 11.2. The first-order chi connectivity index (χ1) is 8.56. The predicted octanol–water partition coefficient (Wildman–Crippen LogP) is 2.61. The van der Waals surface area contributed by atoms with Crippen LogP contribution in [0.25, 0.3) is 0 Å². The molecule has 0 atom stereocenters. The second kappa shape index (κ2) is 6.96. The number of rotatable bonds is 7. The minimum absolute atomic E-state index is 0.149. The summed E-state index contributed by atoms with van der Waals surface area (Å²) >= 11 is 1.77. The topological polar surface area (TPSA) is 75.3 Å². The maximum atomic E-state index is 11.0. The minimum atomic E-state index is -1.000. The van der Waals surface area contributed by atoms with Crippen molar-refractivity contribution >= 4 is 29.1 Å². The van der Waals surface area contributed by atoms with E-state index in [0.29, 0.717) is 5.69 Å². The number of carboxylic acids is 1. The van der Waals surface area contributed by atoms with Gasteiger partial charge in [-0.05, 0) is 24.6 Å². The van der Waals surface area contributed by atoms with Gasteiger partial charge < -0.3 is 16.2 Å². The maximum absolute atomic E-state index is 11.0. The molecule has 5 heteroatoms. The average molecular weight is 266 g/mol. The van der Waals surface area contributed by atoms with Gasteiger partial charge in [0.1, 0.15) is 0 Å². The summed E-state index contributed by atoms with van der Waals surface area (Å²) in [7, 11) is 0. The van der Waals surface area contributed by atoms with E-state index >= 15 is 0 Å². The highest BCUT2D eigenvalue weighted by atomic mass is 32.2. The number of thioether (sulfide) groups is 1. The molecular weight excluding hydrogens is 248 g/mol. The van der Waals surface area contributed by atoms with E-state index in [2.05, 4.69) is 11.9 Å². The number of hydrogen-bond acceptors (Lipinski definition) is 4. The molecule has 0 amide bonds. The van der Waals surface area contributed by atoms with Gasteiger partial charge >= 0.3 is 5.97 Å². The Morgan fingerprint density at radius 1 is 1.61 bits per heavy atom. The molecule has 0 aromatic heterocycles. The fraction of sp³-hybridized carbons (Fsp3) is 0.308. The molecule has 0 fully saturated rings. The molecule has 18 heavy (non-hydrogen) atoms. The SMILES string of the molecule is C=CCSCCNc1cc(C)c(N)c(C(=O)O)c1. The Labute approximate surface area is 111 Å². The van der Waals surface area contributed by atoms with Crippen molar-refractivity contribution in [3.8, 4) is 0 Å². The van der Waals surface area contributed by atoms with Gasteiger partial charge in [0, 0.05) is 29.4 Å². The first kappa shape index (κ1) is 14.4. The van der Waals surface area contributed by atoms with E-state index in [-0.39, 0.29) is 5.56 Å². The molecule has 1 aromatic rings. The van der Waals surface area contributed by atoms with Crippen LogP contribution in [0.2, 0.25) is 0 Å². The lowest BCUT2D eigenvalue weighted by Gasteiger charge is -2.11. The lowest BCUT2D eigenvalue weighted by atomic mass is 10.1. The van der Waals surface area contributed by atoms with Crippen LogP contribution in [-0.4, -0.2) is 29.1 Å². The van der Waals surface area contributed by atoms with Crippen LogP contribution in [-0.2, 0) is 0 Å². The van der Waals surface area contributed by atoms with Crippen molar-refractivity contribution in [3.05, 3.63) is 35.9 Å². The molecule has 0 aliphatic carbocycles. The van der Waals surface area contributed by atoms with Crippen molar-refractivity contribution in [2.45, 2.75) is 6.92 Å². The van der Waals surface area contributed by atoms with Crippen LogP contribution in [0.1, 0.15) is 15.9 Å². The number of nitrogens with two attached hydrogens (primary N) is 1. The quantitative estimate of drug-likeness (QED) is 0.402. The van der Waals surface area contributed by atoms with Gasteiger partial charge in [0.05, 0.1) is 5.56 Å². The second-order valence-electron chi connectivity index (χ2n) is 3.85. The Bertz CT molecular complexity index is 447. The first-order valence-electron chi connectivity index (χ1n) is 5.62. The summed E-state index contributed by atoms with van der Waals surface area (Å²) in [6.45, 7) is 6.23. The molecule has 1 rings (SSSR count).